The van der Waals surface area contributed by atoms with Crippen LogP contribution in [0, 0.1) is 13.8 Å². The molecule has 0 amide bonds. The molecule has 5 nitrogen and oxygen atoms in total. The summed E-state index contributed by atoms with van der Waals surface area (Å²) in [6.07, 6.45) is 0. The van der Waals surface area contributed by atoms with Crippen LogP contribution in [0.3, 0.4) is 0 Å². The summed E-state index contributed by atoms with van der Waals surface area (Å²) < 4.78 is 43.4. The predicted molar refractivity (Wildman–Crippen MR) is 118 cm³/mol. The van der Waals surface area contributed by atoms with Crippen molar-refractivity contribution in [3.8, 4) is 5.75 Å². The summed E-state index contributed by atoms with van der Waals surface area (Å²) in [5.41, 5.74) is 1.42. The Kier molecular flexibility index (Phi) is 5.79. The summed E-state index contributed by atoms with van der Waals surface area (Å²) in [7, 11) is -7.15. The molecule has 0 saturated carbocycles. The van der Waals surface area contributed by atoms with Gasteiger partial charge < -0.3 is 8.94 Å². The number of para-hydroxylation sites is 1. The van der Waals surface area contributed by atoms with Gasteiger partial charge in [-0.25, -0.2) is 0 Å². The summed E-state index contributed by atoms with van der Waals surface area (Å²) in [5.74, 6) is 1.22. The van der Waals surface area contributed by atoms with Gasteiger partial charge in [0.15, 0.2) is 5.50 Å². The van der Waals surface area contributed by atoms with Crippen LogP contribution in [0.15, 0.2) is 80.2 Å². The lowest BCUT2D eigenvalue weighted by molar-refractivity contribution is 0.526. The topological polar surface area (TPSA) is 68.9 Å². The van der Waals surface area contributed by atoms with Gasteiger partial charge in [-0.15, -0.1) is 4.15 Å². The number of benzene rings is 2. The second kappa shape index (κ2) is 7.85. The van der Waals surface area contributed by atoms with Crippen molar-refractivity contribution < 1.29 is 17.4 Å². The Morgan fingerprint density at radius 1 is 0.897 bits per heavy atom. The molecule has 0 aliphatic carbocycles. The van der Waals surface area contributed by atoms with Crippen molar-refractivity contribution in [2.24, 2.45) is 4.15 Å². The normalized spacial score (nSPS) is 14.2. The first kappa shape index (κ1) is 21.4. The largest absolute Gasteiger partial charge is 0.457 e. The maximum atomic E-state index is 13.3. The molecule has 3 rings (SSSR count). The zero-order valence-electron chi connectivity index (χ0n) is 17.3. The Balaban J connectivity index is 2.31. The highest BCUT2D eigenvalue weighted by molar-refractivity contribution is 7.95. The minimum Gasteiger partial charge on any atom is -0.457 e. The Morgan fingerprint density at radius 2 is 1.52 bits per heavy atom. The second-order valence-electron chi connectivity index (χ2n) is 7.91. The van der Waals surface area contributed by atoms with Crippen molar-refractivity contribution in [3.05, 3.63) is 78.1 Å². The van der Waals surface area contributed by atoms with E-state index in [1.807, 2.05) is 52.8 Å². The lowest BCUT2D eigenvalue weighted by atomic mass is 10.2. The van der Waals surface area contributed by atoms with Gasteiger partial charge in [-0.1, -0.05) is 56.7 Å². The van der Waals surface area contributed by atoms with Gasteiger partial charge in [0.1, 0.15) is 11.5 Å². The smallest absolute Gasteiger partial charge is 0.284 e. The first-order valence-corrected chi connectivity index (χ1v) is 12.4. The SMILES string of the molecule is Cc1ccc(S(=O)(=O)N=[P@](Oc2ccccc2)(c2ccc(C)o2)C(C)(C)C)cc1. The van der Waals surface area contributed by atoms with E-state index in [0.717, 1.165) is 5.56 Å². The van der Waals surface area contributed by atoms with Gasteiger partial charge >= 0.3 is 0 Å². The molecule has 0 unspecified atom stereocenters. The number of hydrogen-bond donors (Lipinski definition) is 0. The van der Waals surface area contributed by atoms with Gasteiger partial charge in [0.25, 0.3) is 10.0 Å². The van der Waals surface area contributed by atoms with E-state index in [1.165, 1.54) is 0 Å². The highest BCUT2D eigenvalue weighted by Crippen LogP contribution is 2.61. The van der Waals surface area contributed by atoms with Crippen LogP contribution in [0.2, 0.25) is 0 Å². The number of rotatable bonds is 5. The molecule has 0 saturated heterocycles. The minimum atomic E-state index is -3.99. The van der Waals surface area contributed by atoms with Crippen LogP contribution < -0.4 is 10.0 Å². The summed E-state index contributed by atoms with van der Waals surface area (Å²) in [5, 5.41) is -0.634. The highest BCUT2D eigenvalue weighted by atomic mass is 32.2. The lowest BCUT2D eigenvalue weighted by Gasteiger charge is -2.34. The number of aryl methyl sites for hydroxylation is 2. The third kappa shape index (κ3) is 4.49. The van der Waals surface area contributed by atoms with Crippen LogP contribution >= 0.6 is 7.28 Å². The third-order valence-electron chi connectivity index (χ3n) is 4.46. The number of hydrogen-bond acceptors (Lipinski definition) is 4. The number of nitrogens with zero attached hydrogens (tertiary/aromatic N) is 1. The van der Waals surface area contributed by atoms with E-state index in [0.29, 0.717) is 17.0 Å². The molecule has 0 spiro atoms. The summed E-state index contributed by atoms with van der Waals surface area (Å²) in [6.45, 7) is 9.50. The molecule has 29 heavy (non-hydrogen) atoms. The zero-order valence-corrected chi connectivity index (χ0v) is 19.0. The van der Waals surface area contributed by atoms with Crippen molar-refractivity contribution in [3.63, 3.8) is 0 Å². The molecule has 0 N–H and O–H groups in total. The Bertz CT molecular complexity index is 1140. The fourth-order valence-corrected chi connectivity index (χ4v) is 8.32. The molecule has 3 aromatic rings. The maximum Gasteiger partial charge on any atom is 0.284 e. The Labute approximate surface area is 172 Å². The zero-order chi connectivity index (χ0) is 21.3. The fourth-order valence-electron chi connectivity index (χ4n) is 2.82. The monoisotopic (exact) mass is 431 g/mol. The molecular weight excluding hydrogens is 405 g/mol. The van der Waals surface area contributed by atoms with Crippen molar-refractivity contribution in [2.75, 3.05) is 0 Å². The molecule has 0 bridgehead atoms. The van der Waals surface area contributed by atoms with E-state index in [9.17, 15) is 8.42 Å². The molecule has 0 radical (unpaired) electrons. The Hall–Kier alpha value is -2.30. The molecule has 1 heterocycles. The van der Waals surface area contributed by atoms with Gasteiger partial charge in [0.05, 0.1) is 4.90 Å². The van der Waals surface area contributed by atoms with Crippen LogP contribution in [0.1, 0.15) is 32.1 Å². The predicted octanol–water partition coefficient (Wildman–Crippen LogP) is 5.90. The number of furan rings is 1. The average Bonchev–Trinajstić information content (AvgIpc) is 3.08. The van der Waals surface area contributed by atoms with Crippen LogP contribution in [-0.4, -0.2) is 13.6 Å². The van der Waals surface area contributed by atoms with Gasteiger partial charge in [-0.2, -0.15) is 8.42 Å². The highest BCUT2D eigenvalue weighted by Gasteiger charge is 2.43. The second-order valence-corrected chi connectivity index (χ2v) is 13.1. The van der Waals surface area contributed by atoms with Crippen LogP contribution in [0.5, 0.6) is 5.75 Å². The summed E-state index contributed by atoms with van der Waals surface area (Å²) >= 11 is 0. The summed E-state index contributed by atoms with van der Waals surface area (Å²) in [4.78, 5) is 0.136. The molecular formula is C22H26NO4PS. The van der Waals surface area contributed by atoms with Gasteiger partial charge in [-0.3, -0.25) is 0 Å². The Morgan fingerprint density at radius 3 is 2.03 bits per heavy atom. The summed E-state index contributed by atoms with van der Waals surface area (Å²) in [6, 6.07) is 19.4. The van der Waals surface area contributed by atoms with Crippen molar-refractivity contribution >= 4 is 22.8 Å². The molecule has 2 aromatic carbocycles. The number of sulfonamides is 1. The third-order valence-corrected chi connectivity index (χ3v) is 10.2. The van der Waals surface area contributed by atoms with E-state index in [-0.39, 0.29) is 4.90 Å². The molecule has 154 valence electrons. The van der Waals surface area contributed by atoms with E-state index in [4.69, 9.17) is 8.94 Å². The average molecular weight is 431 g/mol. The lowest BCUT2D eigenvalue weighted by Crippen LogP contribution is -2.27. The van der Waals surface area contributed by atoms with Crippen LogP contribution in [0.4, 0.5) is 0 Å². The van der Waals surface area contributed by atoms with Crippen molar-refractivity contribution in [2.45, 2.75) is 44.7 Å². The molecule has 7 heteroatoms. The maximum absolute atomic E-state index is 13.3. The minimum absolute atomic E-state index is 0.136. The van der Waals surface area contributed by atoms with E-state index in [2.05, 4.69) is 4.15 Å². The molecule has 0 fully saturated rings. The van der Waals surface area contributed by atoms with E-state index < -0.39 is 22.5 Å². The standard InChI is InChI=1S/C22H26NO4PS/c1-17-11-14-20(15-12-17)29(24,25)23-28(22(3,4)5,21-16-13-18(2)26-21)27-19-9-7-6-8-10-19/h6-16H,1-5H3/t28-/m0/s1. The van der Waals surface area contributed by atoms with E-state index >= 15 is 0 Å². The molecule has 0 aliphatic rings. The fraction of sp³-hybridized carbons (Fsp3) is 0.273. The molecule has 0 aliphatic heterocycles. The van der Waals surface area contributed by atoms with Gasteiger partial charge in [0.2, 0.25) is 7.28 Å². The van der Waals surface area contributed by atoms with E-state index in [1.54, 1.807) is 48.5 Å². The first-order valence-electron chi connectivity index (χ1n) is 9.30. The first-order chi connectivity index (χ1) is 13.5. The van der Waals surface area contributed by atoms with Gasteiger partial charge in [0, 0.05) is 5.16 Å². The van der Waals surface area contributed by atoms with Crippen molar-refractivity contribution in [1.29, 1.82) is 0 Å². The molecule has 1 aromatic heterocycles. The van der Waals surface area contributed by atoms with Gasteiger partial charge in [-0.05, 0) is 50.2 Å². The quantitative estimate of drug-likeness (QED) is 0.471. The van der Waals surface area contributed by atoms with Crippen LogP contribution in [-0.2, 0) is 10.0 Å². The molecule has 1 atom stereocenters. The van der Waals surface area contributed by atoms with Crippen molar-refractivity contribution in [1.82, 2.24) is 0 Å². The van der Waals surface area contributed by atoms with Crippen LogP contribution in [0.25, 0.3) is 0 Å².